The van der Waals surface area contributed by atoms with Crippen LogP contribution in [0.15, 0.2) is 179 Å². The predicted molar refractivity (Wildman–Crippen MR) is 463 cm³/mol. The van der Waals surface area contributed by atoms with E-state index in [1.54, 1.807) is 29.1 Å². The number of unbranched alkanes of at least 4 members (excludes halogenated alkanes) is 3. The minimum Gasteiger partial charge on any atom is -0.744 e. The molecule has 630 valence electrons. The SMILES string of the molecule is C.C/C=C/C=C1/N(C(C)CCCCC(=O)NCc2cn(CCCCC(NC(=O)[C@H](CCCCNC(=O)CCCN(C)c3ccc(N=Nc4ccc5nc6ccc(N(CC)CC)cc6[n+](-c6ccccc6)c5c4)cc3)NC(=O)C3(NC(=O)c4ccc(N5CCN(CC)CC5)cc4)CCCCC3)C(=O)O)nn2)c2ccc(S(=O)(=O)[O-])cc2C1(C)C.[Na+]. The first-order chi connectivity index (χ1) is 56.4. The molecule has 6 aromatic carbocycles. The van der Waals surface area contributed by atoms with Gasteiger partial charge in [0.2, 0.25) is 40.3 Å². The van der Waals surface area contributed by atoms with Crippen molar-refractivity contribution in [2.24, 2.45) is 10.2 Å². The van der Waals surface area contributed by atoms with Gasteiger partial charge in [-0.1, -0.05) is 89.4 Å². The second-order valence-corrected chi connectivity index (χ2v) is 32.8. The minimum atomic E-state index is -4.65. The van der Waals surface area contributed by atoms with Crippen molar-refractivity contribution in [3.63, 3.8) is 0 Å². The molecule has 2 aromatic heterocycles. The van der Waals surface area contributed by atoms with E-state index in [4.69, 9.17) is 4.98 Å². The van der Waals surface area contributed by atoms with Gasteiger partial charge in [0.1, 0.15) is 44.5 Å². The van der Waals surface area contributed by atoms with Crippen LogP contribution in [0.4, 0.5) is 34.1 Å². The fraction of sp³-hybridized carbons (Fsp3) is 0.467. The number of aliphatic carboxylic acids is 1. The van der Waals surface area contributed by atoms with Crippen molar-refractivity contribution in [1.29, 1.82) is 0 Å². The molecule has 2 aliphatic heterocycles. The molecule has 27 nitrogen and oxygen atoms in total. The molecule has 2 fully saturated rings. The number of aryl methyl sites for hydroxylation is 1. The summed E-state index contributed by atoms with van der Waals surface area (Å²) < 4.78 is 39.8. The van der Waals surface area contributed by atoms with Gasteiger partial charge in [0, 0.05) is 149 Å². The Bertz CT molecular complexity index is 4970. The van der Waals surface area contributed by atoms with E-state index < -0.39 is 56.8 Å². The van der Waals surface area contributed by atoms with E-state index in [0.717, 1.165) is 127 Å². The molecule has 1 aliphatic carbocycles. The number of nitrogens with zero attached hydrogens (tertiary/aromatic N) is 12. The number of anilines is 4. The number of carbonyl (C=O) groups is 6. The molecule has 5 amide bonds. The van der Waals surface area contributed by atoms with Crippen molar-refractivity contribution >= 4 is 102 Å². The van der Waals surface area contributed by atoms with E-state index in [2.05, 4.69) is 134 Å². The van der Waals surface area contributed by atoms with Crippen LogP contribution in [0.3, 0.4) is 0 Å². The fourth-order valence-corrected chi connectivity index (χ4v) is 16.6. The van der Waals surface area contributed by atoms with Crippen LogP contribution < -0.4 is 80.3 Å². The normalized spacial score (nSPS) is 15.7. The van der Waals surface area contributed by atoms with Crippen LogP contribution in [0.2, 0.25) is 0 Å². The van der Waals surface area contributed by atoms with Gasteiger partial charge >= 0.3 is 35.5 Å². The number of carboxylic acids is 1. The number of benzene rings is 6. The Morgan fingerprint density at radius 2 is 1.36 bits per heavy atom. The number of aromatic nitrogens is 5. The molecule has 2 unspecified atom stereocenters. The molecule has 0 radical (unpaired) electrons. The number of hydrogen-bond acceptors (Lipinski definition) is 19. The molecule has 6 N–H and O–H groups in total. The quantitative estimate of drug-likeness (QED) is 0.00519. The fourth-order valence-electron chi connectivity index (χ4n) is 16.1. The summed E-state index contributed by atoms with van der Waals surface area (Å²) in [5, 5.41) is 43.0. The van der Waals surface area contributed by atoms with E-state index in [1.165, 1.54) is 12.1 Å². The van der Waals surface area contributed by atoms with E-state index in [9.17, 15) is 46.8 Å². The van der Waals surface area contributed by atoms with E-state index >= 15 is 0 Å². The number of piperazine rings is 1. The van der Waals surface area contributed by atoms with Crippen LogP contribution in [0.5, 0.6) is 0 Å². The second-order valence-electron chi connectivity index (χ2n) is 31.4. The third-order valence-electron chi connectivity index (χ3n) is 23.0. The third-order valence-corrected chi connectivity index (χ3v) is 23.8. The van der Waals surface area contributed by atoms with Crippen molar-refractivity contribution in [2.45, 2.75) is 212 Å². The Kier molecular flexibility index (Phi) is 34.2. The Labute approximate surface area is 723 Å². The standard InChI is InChI=1S/C89H115N17O10S.CH4.Na/c1-9-13-32-81-88(6,7)73-60-72(117(114,115)116)45-48-78(73)105(81)63(5)27-18-19-33-83(108)91-61-67-62-104(99-98-67)53-25-21-31-77(86(111)112)93-85(110)76(94-87(113)89(49-22-15-23-50-89)95-84(109)64-35-40-69(41-36-64)103-56-54-101(10-2)55-57-103)30-20-24-51-90-82(107)34-26-52-100(8)68-42-37-65(38-43-68)96-97-66-39-46-74-79(58-66)106(70-28-16-14-17-29-70)80-59-71(102(11-3)12-4)44-47-75(80)92-74;;/h9,13-14,16-17,28-29,32,35-48,58-60,62-63,76-77H,10-12,15,18-27,30-31,33-34,49-57,61H2,1-8H3,(H6-,90,91,93,94,95,107,108,109,110,111,112,113,114,115,116);1H4;/q;;+1/b13-9+,81-32+;;/t63?,76-,77?;;/m0../s1. The van der Waals surface area contributed by atoms with Crippen LogP contribution >= 0.6 is 0 Å². The van der Waals surface area contributed by atoms with Crippen LogP contribution in [-0.4, -0.2) is 168 Å². The van der Waals surface area contributed by atoms with Gasteiger partial charge < -0.3 is 60.7 Å². The maximum Gasteiger partial charge on any atom is 1.00 e. The second kappa shape index (κ2) is 43.8. The van der Waals surface area contributed by atoms with Gasteiger partial charge in [-0.3, -0.25) is 28.7 Å². The minimum absolute atomic E-state index is 0. The molecule has 119 heavy (non-hydrogen) atoms. The van der Waals surface area contributed by atoms with E-state index in [-0.39, 0.29) is 92.0 Å². The first kappa shape index (κ1) is 92.9. The number of likely N-dealkylation sites (N-methyl/N-ethyl adjacent to an activating group) is 1. The molecule has 1 saturated heterocycles. The van der Waals surface area contributed by atoms with Crippen LogP contribution in [0, 0.1) is 0 Å². The topological polar surface area (TPSA) is 328 Å². The Balaban J connectivity index is 0.00000806. The average molecular weight is 1650 g/mol. The van der Waals surface area contributed by atoms with Gasteiger partial charge in [-0.05, 0) is 208 Å². The molecule has 3 aliphatic rings. The number of fused-ring (bicyclic) bond motifs is 3. The smallest absolute Gasteiger partial charge is 0.744 e. The van der Waals surface area contributed by atoms with Crippen molar-refractivity contribution < 1.29 is 81.0 Å². The predicted octanol–water partition coefficient (Wildman–Crippen LogP) is 10.6. The number of para-hydroxylation sites is 1. The first-order valence-electron chi connectivity index (χ1n) is 41.6. The van der Waals surface area contributed by atoms with Gasteiger partial charge in [0.15, 0.2) is 0 Å². The molecule has 0 bridgehead atoms. The zero-order valence-corrected chi connectivity index (χ0v) is 72.8. The molecule has 8 aromatic rings. The Morgan fingerprint density at radius 3 is 2.05 bits per heavy atom. The molecule has 29 heteroatoms. The number of carbonyl (C=O) groups excluding carboxylic acids is 5. The van der Waals surface area contributed by atoms with Gasteiger partial charge in [0.05, 0.1) is 29.0 Å². The van der Waals surface area contributed by atoms with Crippen LogP contribution in [-0.2, 0) is 52.6 Å². The number of allylic oxidation sites excluding steroid dienone is 4. The van der Waals surface area contributed by atoms with Crippen molar-refractivity contribution in [1.82, 2.24) is 51.5 Å². The zero-order valence-electron chi connectivity index (χ0n) is 69.9. The van der Waals surface area contributed by atoms with E-state index in [0.29, 0.717) is 106 Å². The largest absolute Gasteiger partial charge is 1.00 e. The summed E-state index contributed by atoms with van der Waals surface area (Å²) in [6.45, 7) is 22.4. The molecule has 3 atom stereocenters. The molecular formula is C90H119N17NaO10S+. The summed E-state index contributed by atoms with van der Waals surface area (Å²) >= 11 is 0. The summed E-state index contributed by atoms with van der Waals surface area (Å²) in [5.74, 6) is -3.12. The van der Waals surface area contributed by atoms with Gasteiger partial charge in [0.25, 0.3) is 5.91 Å². The summed E-state index contributed by atoms with van der Waals surface area (Å²) in [6.07, 6.45) is 15.6. The molecule has 4 heterocycles. The van der Waals surface area contributed by atoms with Crippen LogP contribution in [0.1, 0.15) is 187 Å². The number of hydrogen-bond donors (Lipinski definition) is 6. The molecule has 11 rings (SSSR count). The Hall–Kier alpha value is -9.97. The summed E-state index contributed by atoms with van der Waals surface area (Å²) in [5.41, 5.74) is 10.7. The van der Waals surface area contributed by atoms with Crippen molar-refractivity contribution in [3.05, 3.63) is 180 Å². The first-order valence-corrected chi connectivity index (χ1v) is 43.0. The summed E-state index contributed by atoms with van der Waals surface area (Å²) in [4.78, 5) is 98.9. The van der Waals surface area contributed by atoms with Crippen molar-refractivity contribution in [2.75, 3.05) is 85.6 Å². The summed E-state index contributed by atoms with van der Waals surface area (Å²) in [6, 6.07) is 39.9. The maximum absolute atomic E-state index is 14.9. The average Bonchev–Trinajstić information content (AvgIpc) is 1.60. The van der Waals surface area contributed by atoms with E-state index in [1.807, 2.05) is 119 Å². The number of rotatable bonds is 40. The maximum atomic E-state index is 14.9. The van der Waals surface area contributed by atoms with Crippen LogP contribution in [0.25, 0.3) is 27.8 Å². The number of azo groups is 1. The molecular weight excluding hydrogens is 1530 g/mol. The number of nitrogens with one attached hydrogen (secondary N) is 5. The van der Waals surface area contributed by atoms with Crippen molar-refractivity contribution in [3.8, 4) is 5.69 Å². The third kappa shape index (κ3) is 24.4. The zero-order chi connectivity index (χ0) is 83.2. The summed E-state index contributed by atoms with van der Waals surface area (Å²) in [7, 11) is -2.68. The van der Waals surface area contributed by atoms with Gasteiger partial charge in [-0.2, -0.15) is 10.2 Å². The number of amides is 5. The monoisotopic (exact) mass is 1650 g/mol. The number of carboxylic acid groups (broad SMARTS) is 1. The van der Waals surface area contributed by atoms with Gasteiger partial charge in [-0.25, -0.2) is 18.2 Å². The molecule has 0 spiro atoms. The molecule has 1 saturated carbocycles. The Morgan fingerprint density at radius 1 is 0.714 bits per heavy atom. The van der Waals surface area contributed by atoms with Gasteiger partial charge in [-0.15, -0.1) is 9.67 Å².